The van der Waals surface area contributed by atoms with Crippen LogP contribution in [0.2, 0.25) is 0 Å². The molecule has 2 N–H and O–H groups in total. The lowest BCUT2D eigenvalue weighted by Gasteiger charge is -1.98. The summed E-state index contributed by atoms with van der Waals surface area (Å²) in [6.45, 7) is 3.42. The third-order valence-electron chi connectivity index (χ3n) is 1.08. The summed E-state index contributed by atoms with van der Waals surface area (Å²) in [5.74, 6) is 0.718. The molecule has 2 nitrogen and oxygen atoms in total. The van der Waals surface area contributed by atoms with E-state index >= 15 is 0 Å². The Labute approximate surface area is 59.9 Å². The maximum Gasteiger partial charge on any atom is 0.128 e. The van der Waals surface area contributed by atoms with Gasteiger partial charge < -0.3 is 10.5 Å². The Kier molecular flexibility index (Phi) is 1.95. The molecule has 0 fully saturated rings. The fraction of sp³-hybridized carbons (Fsp3) is 0. The molecular formula is C8H9NO. The highest BCUT2D eigenvalue weighted by atomic mass is 16.5. The summed E-state index contributed by atoms with van der Waals surface area (Å²) >= 11 is 0. The van der Waals surface area contributed by atoms with Crippen molar-refractivity contribution in [1.82, 2.24) is 0 Å². The molecule has 1 rings (SSSR count). The van der Waals surface area contributed by atoms with Crippen LogP contribution in [0.3, 0.4) is 0 Å². The van der Waals surface area contributed by atoms with Gasteiger partial charge in [0.1, 0.15) is 5.75 Å². The van der Waals surface area contributed by atoms with E-state index in [-0.39, 0.29) is 0 Å². The zero-order valence-electron chi connectivity index (χ0n) is 5.58. The van der Waals surface area contributed by atoms with Gasteiger partial charge in [-0.05, 0) is 12.1 Å². The largest absolute Gasteiger partial charge is 0.466 e. The van der Waals surface area contributed by atoms with E-state index < -0.39 is 0 Å². The van der Waals surface area contributed by atoms with Crippen molar-refractivity contribution < 1.29 is 4.74 Å². The molecule has 0 heterocycles. The molecule has 2 heteroatoms. The van der Waals surface area contributed by atoms with Crippen molar-refractivity contribution in [3.8, 4) is 5.75 Å². The molecule has 0 saturated heterocycles. The molecule has 1 aromatic carbocycles. The topological polar surface area (TPSA) is 35.2 Å². The number of nitrogen functional groups attached to an aromatic ring is 1. The SMILES string of the molecule is C=COc1cccc(N)c1. The zero-order valence-corrected chi connectivity index (χ0v) is 5.58. The van der Waals surface area contributed by atoms with Crippen molar-refractivity contribution >= 4 is 5.69 Å². The molecule has 0 saturated carbocycles. The summed E-state index contributed by atoms with van der Waals surface area (Å²) in [4.78, 5) is 0. The van der Waals surface area contributed by atoms with Crippen LogP contribution in [0.25, 0.3) is 0 Å². The van der Waals surface area contributed by atoms with Crippen LogP contribution < -0.4 is 10.5 Å². The Morgan fingerprint density at radius 1 is 1.50 bits per heavy atom. The molecular weight excluding hydrogens is 126 g/mol. The first-order valence-electron chi connectivity index (χ1n) is 2.96. The van der Waals surface area contributed by atoms with Gasteiger partial charge in [0.05, 0.1) is 6.26 Å². The standard InChI is InChI=1S/C8H9NO/c1-2-10-8-5-3-4-7(9)6-8/h2-6H,1,9H2. The number of hydrogen-bond acceptors (Lipinski definition) is 2. The average Bonchev–Trinajstić information content (AvgIpc) is 1.88. The summed E-state index contributed by atoms with van der Waals surface area (Å²) in [7, 11) is 0. The van der Waals surface area contributed by atoms with Gasteiger partial charge in [-0.15, -0.1) is 0 Å². The van der Waals surface area contributed by atoms with Crippen LogP contribution in [0.1, 0.15) is 0 Å². The Morgan fingerprint density at radius 3 is 2.90 bits per heavy atom. The second-order valence-corrected chi connectivity index (χ2v) is 1.86. The minimum atomic E-state index is 0.694. The van der Waals surface area contributed by atoms with Crippen LogP contribution in [0, 0.1) is 0 Å². The Bertz CT molecular complexity index is 232. The van der Waals surface area contributed by atoms with Crippen LogP contribution in [0.15, 0.2) is 37.1 Å². The molecule has 0 aliphatic carbocycles. The van der Waals surface area contributed by atoms with Crippen LogP contribution in [-0.4, -0.2) is 0 Å². The predicted octanol–water partition coefficient (Wildman–Crippen LogP) is 1.79. The maximum atomic E-state index is 5.47. The van der Waals surface area contributed by atoms with E-state index in [4.69, 9.17) is 10.5 Å². The van der Waals surface area contributed by atoms with Gasteiger partial charge in [0.25, 0.3) is 0 Å². The van der Waals surface area contributed by atoms with Crippen LogP contribution >= 0.6 is 0 Å². The molecule has 0 atom stereocenters. The fourth-order valence-electron chi connectivity index (χ4n) is 0.684. The quantitative estimate of drug-likeness (QED) is 0.495. The lowest BCUT2D eigenvalue weighted by Crippen LogP contribution is -1.85. The van der Waals surface area contributed by atoms with Gasteiger partial charge >= 0.3 is 0 Å². The molecule has 0 bridgehead atoms. The summed E-state index contributed by atoms with van der Waals surface area (Å²) < 4.78 is 4.97. The monoisotopic (exact) mass is 135 g/mol. The first-order chi connectivity index (χ1) is 4.83. The lowest BCUT2D eigenvalue weighted by atomic mass is 10.3. The zero-order chi connectivity index (χ0) is 7.40. The van der Waals surface area contributed by atoms with Crippen molar-refractivity contribution in [3.63, 3.8) is 0 Å². The number of anilines is 1. The lowest BCUT2D eigenvalue weighted by molar-refractivity contribution is 0.484. The number of nitrogens with two attached hydrogens (primary N) is 1. The van der Waals surface area contributed by atoms with E-state index in [0.29, 0.717) is 5.69 Å². The number of hydrogen-bond donors (Lipinski definition) is 1. The van der Waals surface area contributed by atoms with Gasteiger partial charge in [-0.2, -0.15) is 0 Å². The third kappa shape index (κ3) is 1.52. The van der Waals surface area contributed by atoms with Crippen molar-refractivity contribution in [2.45, 2.75) is 0 Å². The van der Waals surface area contributed by atoms with Crippen LogP contribution in [0.5, 0.6) is 5.75 Å². The van der Waals surface area contributed by atoms with Gasteiger partial charge in [0.15, 0.2) is 0 Å². The van der Waals surface area contributed by atoms with Gasteiger partial charge in [-0.25, -0.2) is 0 Å². The molecule has 0 aliphatic rings. The Balaban J connectivity index is 2.84. The van der Waals surface area contributed by atoms with Crippen molar-refractivity contribution in [1.29, 1.82) is 0 Å². The number of benzene rings is 1. The van der Waals surface area contributed by atoms with Crippen molar-refractivity contribution in [2.24, 2.45) is 0 Å². The van der Waals surface area contributed by atoms with E-state index in [1.165, 1.54) is 6.26 Å². The van der Waals surface area contributed by atoms with Gasteiger partial charge in [0.2, 0.25) is 0 Å². The highest BCUT2D eigenvalue weighted by Gasteiger charge is 1.88. The summed E-state index contributed by atoms with van der Waals surface area (Å²) in [5, 5.41) is 0. The first-order valence-corrected chi connectivity index (χ1v) is 2.96. The molecule has 52 valence electrons. The minimum Gasteiger partial charge on any atom is -0.466 e. The maximum absolute atomic E-state index is 5.47. The van der Waals surface area contributed by atoms with Crippen LogP contribution in [0.4, 0.5) is 5.69 Å². The molecule has 10 heavy (non-hydrogen) atoms. The number of rotatable bonds is 2. The molecule has 0 aromatic heterocycles. The predicted molar refractivity (Wildman–Crippen MR) is 41.7 cm³/mol. The highest BCUT2D eigenvalue weighted by Crippen LogP contribution is 2.13. The molecule has 0 unspecified atom stereocenters. The van der Waals surface area contributed by atoms with Crippen LogP contribution in [-0.2, 0) is 0 Å². The average molecular weight is 135 g/mol. The third-order valence-corrected chi connectivity index (χ3v) is 1.08. The Hall–Kier alpha value is -1.44. The molecule has 0 aliphatic heterocycles. The second-order valence-electron chi connectivity index (χ2n) is 1.86. The van der Waals surface area contributed by atoms with E-state index in [2.05, 4.69) is 6.58 Å². The summed E-state index contributed by atoms with van der Waals surface area (Å²) in [6, 6.07) is 7.18. The van der Waals surface area contributed by atoms with E-state index in [0.717, 1.165) is 5.75 Å². The first kappa shape index (κ1) is 6.68. The fourth-order valence-corrected chi connectivity index (χ4v) is 0.684. The van der Waals surface area contributed by atoms with E-state index in [1.54, 1.807) is 12.1 Å². The molecule has 1 aromatic rings. The molecule has 0 spiro atoms. The minimum absolute atomic E-state index is 0.694. The Morgan fingerprint density at radius 2 is 2.30 bits per heavy atom. The van der Waals surface area contributed by atoms with Crippen molar-refractivity contribution in [3.05, 3.63) is 37.1 Å². The van der Waals surface area contributed by atoms with E-state index in [9.17, 15) is 0 Å². The normalized spacial score (nSPS) is 8.80. The van der Waals surface area contributed by atoms with Crippen molar-refractivity contribution in [2.75, 3.05) is 5.73 Å². The molecule has 0 radical (unpaired) electrons. The summed E-state index contributed by atoms with van der Waals surface area (Å²) in [6.07, 6.45) is 1.37. The number of ether oxygens (including phenoxy) is 1. The second kappa shape index (κ2) is 2.92. The molecule has 0 amide bonds. The van der Waals surface area contributed by atoms with E-state index in [1.807, 2.05) is 12.1 Å². The highest BCUT2D eigenvalue weighted by molar-refractivity contribution is 5.43. The summed E-state index contributed by atoms with van der Waals surface area (Å²) in [5.41, 5.74) is 6.17. The van der Waals surface area contributed by atoms with Gasteiger partial charge in [0, 0.05) is 11.8 Å². The smallest absolute Gasteiger partial charge is 0.128 e. The van der Waals surface area contributed by atoms with Gasteiger partial charge in [-0.1, -0.05) is 12.6 Å². The van der Waals surface area contributed by atoms with Gasteiger partial charge in [-0.3, -0.25) is 0 Å².